The topological polar surface area (TPSA) is 102 Å². The summed E-state index contributed by atoms with van der Waals surface area (Å²) >= 11 is 0. The number of hydrogen-bond acceptors (Lipinski definition) is 7. The van der Waals surface area contributed by atoms with Crippen LogP contribution in [0.1, 0.15) is 5.56 Å². The number of benzene rings is 1. The highest BCUT2D eigenvalue weighted by atomic mass is 16.2. The Kier molecular flexibility index (Phi) is 5.17. The molecule has 0 atom stereocenters. The van der Waals surface area contributed by atoms with Crippen molar-refractivity contribution in [3.05, 3.63) is 60.8 Å². The number of aromatic nitrogens is 6. The van der Waals surface area contributed by atoms with Gasteiger partial charge in [0.2, 0.25) is 0 Å². The first-order valence-corrected chi connectivity index (χ1v) is 8.72. The second kappa shape index (κ2) is 8.24. The second-order valence-electron chi connectivity index (χ2n) is 5.95. The van der Waals surface area contributed by atoms with E-state index in [2.05, 4.69) is 42.4 Å². The number of hydrogen-bond donors (Lipinski definition) is 2. The molecule has 3 aromatic heterocycles. The van der Waals surface area contributed by atoms with Crippen LogP contribution in [0.5, 0.6) is 0 Å². The van der Waals surface area contributed by atoms with Crippen LogP contribution in [0.15, 0.2) is 55.2 Å². The maximum absolute atomic E-state index is 8.87. The Balaban J connectivity index is 1.46. The summed E-state index contributed by atoms with van der Waals surface area (Å²) in [4.78, 5) is 12.7. The molecule has 0 saturated carbocycles. The van der Waals surface area contributed by atoms with Crippen molar-refractivity contribution in [2.24, 2.45) is 0 Å². The average molecular weight is 371 g/mol. The van der Waals surface area contributed by atoms with Gasteiger partial charge < -0.3 is 10.4 Å². The van der Waals surface area contributed by atoms with Gasteiger partial charge in [0.25, 0.3) is 0 Å². The summed E-state index contributed by atoms with van der Waals surface area (Å²) in [7, 11) is 0. The molecule has 3 heterocycles. The van der Waals surface area contributed by atoms with Gasteiger partial charge >= 0.3 is 0 Å². The summed E-state index contributed by atoms with van der Waals surface area (Å²) < 4.78 is 1.77. The Morgan fingerprint density at radius 1 is 1.18 bits per heavy atom. The molecule has 8 heteroatoms. The van der Waals surface area contributed by atoms with Crippen LogP contribution in [0, 0.1) is 11.8 Å². The van der Waals surface area contributed by atoms with Crippen LogP contribution in [0.4, 0.5) is 5.82 Å². The van der Waals surface area contributed by atoms with Crippen molar-refractivity contribution >= 4 is 16.7 Å². The van der Waals surface area contributed by atoms with Crippen LogP contribution in [0.2, 0.25) is 0 Å². The molecule has 0 amide bonds. The second-order valence-corrected chi connectivity index (χ2v) is 5.95. The number of fused-ring (bicyclic) bond motifs is 1. The minimum absolute atomic E-state index is 0.173. The van der Waals surface area contributed by atoms with Gasteiger partial charge in [0.05, 0.1) is 18.3 Å². The monoisotopic (exact) mass is 371 g/mol. The van der Waals surface area contributed by atoms with Crippen molar-refractivity contribution < 1.29 is 5.11 Å². The SMILES string of the molecule is OCC#Cc1ccc2ncnc(NCCn3cc(-c4cccnc4)nn3)c2c1. The number of nitrogens with zero attached hydrogens (tertiary/aromatic N) is 6. The van der Waals surface area contributed by atoms with Gasteiger partial charge in [-0.05, 0) is 30.3 Å². The van der Waals surface area contributed by atoms with Crippen LogP contribution in [0.3, 0.4) is 0 Å². The van der Waals surface area contributed by atoms with Gasteiger partial charge in [-0.25, -0.2) is 9.97 Å². The van der Waals surface area contributed by atoms with Gasteiger partial charge in [0.1, 0.15) is 24.4 Å². The number of pyridine rings is 1. The molecule has 0 radical (unpaired) electrons. The highest BCUT2D eigenvalue weighted by Crippen LogP contribution is 2.20. The molecule has 0 aliphatic rings. The first-order chi connectivity index (χ1) is 13.8. The first-order valence-electron chi connectivity index (χ1n) is 8.72. The van der Waals surface area contributed by atoms with Crippen molar-refractivity contribution in [1.29, 1.82) is 0 Å². The highest BCUT2D eigenvalue weighted by Gasteiger charge is 2.06. The first kappa shape index (κ1) is 17.6. The van der Waals surface area contributed by atoms with Gasteiger partial charge in [-0.2, -0.15) is 0 Å². The predicted octanol–water partition coefficient (Wildman–Crippen LogP) is 1.74. The molecule has 0 saturated heterocycles. The highest BCUT2D eigenvalue weighted by molar-refractivity contribution is 5.89. The Morgan fingerprint density at radius 2 is 2.14 bits per heavy atom. The fourth-order valence-electron chi connectivity index (χ4n) is 2.76. The van der Waals surface area contributed by atoms with E-state index in [4.69, 9.17) is 5.11 Å². The van der Waals surface area contributed by atoms with Gasteiger partial charge in [-0.15, -0.1) is 5.10 Å². The molecular formula is C20H17N7O. The van der Waals surface area contributed by atoms with E-state index in [1.54, 1.807) is 17.1 Å². The summed E-state index contributed by atoms with van der Waals surface area (Å²) in [6.07, 6.45) is 6.90. The fraction of sp³-hybridized carbons (Fsp3) is 0.150. The van der Waals surface area contributed by atoms with Gasteiger partial charge in [0.15, 0.2) is 0 Å². The molecule has 0 unspecified atom stereocenters. The van der Waals surface area contributed by atoms with Crippen molar-refractivity contribution in [2.75, 3.05) is 18.5 Å². The maximum atomic E-state index is 8.87. The van der Waals surface area contributed by atoms with E-state index in [0.29, 0.717) is 13.1 Å². The predicted molar refractivity (Wildman–Crippen MR) is 105 cm³/mol. The van der Waals surface area contributed by atoms with Crippen molar-refractivity contribution in [3.63, 3.8) is 0 Å². The Morgan fingerprint density at radius 3 is 3.00 bits per heavy atom. The molecule has 0 spiro atoms. The minimum atomic E-state index is -0.173. The number of aliphatic hydroxyl groups is 1. The van der Waals surface area contributed by atoms with Crippen molar-refractivity contribution in [3.8, 4) is 23.1 Å². The largest absolute Gasteiger partial charge is 0.384 e. The van der Waals surface area contributed by atoms with E-state index in [9.17, 15) is 0 Å². The molecule has 0 fully saturated rings. The Hall–Kier alpha value is -3.83. The summed E-state index contributed by atoms with van der Waals surface area (Å²) in [6, 6.07) is 9.49. The number of aliphatic hydroxyl groups excluding tert-OH is 1. The number of rotatable bonds is 5. The third kappa shape index (κ3) is 3.95. The summed E-state index contributed by atoms with van der Waals surface area (Å²) in [5, 5.41) is 21.4. The molecule has 8 nitrogen and oxygen atoms in total. The van der Waals surface area contributed by atoms with Crippen molar-refractivity contribution in [2.45, 2.75) is 6.54 Å². The molecule has 28 heavy (non-hydrogen) atoms. The van der Waals surface area contributed by atoms with Crippen LogP contribution in [0.25, 0.3) is 22.2 Å². The maximum Gasteiger partial charge on any atom is 0.137 e. The quantitative estimate of drug-likeness (QED) is 0.515. The van der Waals surface area contributed by atoms with Crippen LogP contribution in [-0.2, 0) is 6.54 Å². The molecule has 4 aromatic rings. The zero-order valence-corrected chi connectivity index (χ0v) is 14.9. The lowest BCUT2D eigenvalue weighted by Gasteiger charge is -2.08. The lowest BCUT2D eigenvalue weighted by molar-refractivity contribution is 0.350. The third-order valence-electron chi connectivity index (χ3n) is 4.08. The standard InChI is InChI=1S/C20H17N7O/c28-10-2-3-15-5-6-18-17(11-15)20(24-14-23-18)22-8-9-27-13-19(25-26-27)16-4-1-7-21-12-16/h1,4-7,11-14,28H,8-10H2,(H,22,23,24). The number of anilines is 1. The van der Waals surface area contributed by atoms with E-state index in [1.165, 1.54) is 6.33 Å². The third-order valence-corrected chi connectivity index (χ3v) is 4.08. The summed E-state index contributed by atoms with van der Waals surface area (Å²) in [6.45, 7) is 1.07. The molecule has 138 valence electrons. The van der Waals surface area contributed by atoms with Crippen LogP contribution >= 0.6 is 0 Å². The lowest BCUT2D eigenvalue weighted by Crippen LogP contribution is -2.12. The van der Waals surface area contributed by atoms with E-state index in [1.807, 2.05) is 36.5 Å². The summed E-state index contributed by atoms with van der Waals surface area (Å²) in [5.74, 6) is 6.28. The van der Waals surface area contributed by atoms with Crippen LogP contribution < -0.4 is 5.32 Å². The molecule has 2 N–H and O–H groups in total. The van der Waals surface area contributed by atoms with E-state index in [0.717, 1.165) is 33.5 Å². The minimum Gasteiger partial charge on any atom is -0.384 e. The smallest absolute Gasteiger partial charge is 0.137 e. The average Bonchev–Trinajstić information content (AvgIpc) is 3.22. The zero-order valence-electron chi connectivity index (χ0n) is 14.9. The van der Waals surface area contributed by atoms with Gasteiger partial charge in [-0.3, -0.25) is 9.67 Å². The molecule has 4 rings (SSSR count). The van der Waals surface area contributed by atoms with E-state index in [-0.39, 0.29) is 6.61 Å². The zero-order chi connectivity index (χ0) is 19.2. The molecule has 0 bridgehead atoms. The lowest BCUT2D eigenvalue weighted by atomic mass is 10.1. The molecule has 0 aliphatic heterocycles. The van der Waals surface area contributed by atoms with E-state index >= 15 is 0 Å². The van der Waals surface area contributed by atoms with Gasteiger partial charge in [0, 0.05) is 35.5 Å². The Bertz CT molecular complexity index is 1150. The fourth-order valence-corrected chi connectivity index (χ4v) is 2.76. The Labute approximate surface area is 161 Å². The molecule has 0 aliphatic carbocycles. The van der Waals surface area contributed by atoms with E-state index < -0.39 is 0 Å². The number of nitrogens with one attached hydrogen (secondary N) is 1. The molecule has 1 aromatic carbocycles. The van der Waals surface area contributed by atoms with Crippen LogP contribution in [-0.4, -0.2) is 48.2 Å². The summed E-state index contributed by atoms with van der Waals surface area (Å²) in [5.41, 5.74) is 3.34. The normalized spacial score (nSPS) is 10.5. The van der Waals surface area contributed by atoms with Gasteiger partial charge in [-0.1, -0.05) is 17.1 Å². The molecular weight excluding hydrogens is 354 g/mol. The van der Waals surface area contributed by atoms with Crippen molar-refractivity contribution in [1.82, 2.24) is 29.9 Å².